The molecule has 1 fully saturated rings. The van der Waals surface area contributed by atoms with Crippen molar-refractivity contribution < 1.29 is 19.6 Å². The van der Waals surface area contributed by atoms with Crippen molar-refractivity contribution in [1.82, 2.24) is 5.32 Å². The highest BCUT2D eigenvalue weighted by atomic mass is 16.5. The number of methoxy groups -OCH3 is 1. The molecule has 0 aromatic heterocycles. The number of hydrogen-bond donors (Lipinski definition) is 3. The van der Waals surface area contributed by atoms with Crippen LogP contribution in [0.3, 0.4) is 0 Å². The number of amides is 1. The van der Waals surface area contributed by atoms with Crippen LogP contribution in [0.25, 0.3) is 0 Å². The molecule has 1 amide bonds. The highest BCUT2D eigenvalue weighted by Crippen LogP contribution is 2.28. The number of carbonyl (C=O) groups excluding carboxylic acids is 1. The predicted octanol–water partition coefficient (Wildman–Crippen LogP) is -0.243. The Morgan fingerprint density at radius 3 is 2.74 bits per heavy atom. The standard InChI is InChI=1S/C13H18BNO4/c1-8-10(4-6-13(16)15-8)9-3-5-12(19-2)11(7-9)14(17)18/h3,5,7-8,10,17-18H,4,6H2,1-2H3,(H,15,16)/t8-,10-/m0/s1. The SMILES string of the molecule is COc1ccc([C@H]2CCC(=O)N[C@H]2C)cc1B(O)O. The molecule has 0 saturated carbocycles. The van der Waals surface area contributed by atoms with E-state index in [2.05, 4.69) is 5.32 Å². The van der Waals surface area contributed by atoms with Gasteiger partial charge in [0.25, 0.3) is 0 Å². The Bertz CT molecular complexity index is 478. The van der Waals surface area contributed by atoms with Gasteiger partial charge in [-0.05, 0) is 25.0 Å². The van der Waals surface area contributed by atoms with Crippen molar-refractivity contribution >= 4 is 18.5 Å². The fourth-order valence-electron chi connectivity index (χ4n) is 2.60. The normalized spacial score (nSPS) is 22.8. The molecular formula is C13H18BNO4. The number of benzene rings is 1. The maximum Gasteiger partial charge on any atom is 0.492 e. The molecule has 0 unspecified atom stereocenters. The molecule has 0 bridgehead atoms. The minimum Gasteiger partial charge on any atom is -0.497 e. The largest absolute Gasteiger partial charge is 0.497 e. The zero-order chi connectivity index (χ0) is 14.0. The lowest BCUT2D eigenvalue weighted by molar-refractivity contribution is -0.123. The molecule has 1 aliphatic rings. The van der Waals surface area contributed by atoms with Crippen LogP contribution in [0.2, 0.25) is 0 Å². The van der Waals surface area contributed by atoms with E-state index < -0.39 is 7.12 Å². The number of carbonyl (C=O) groups is 1. The Hall–Kier alpha value is -1.53. The molecule has 102 valence electrons. The first-order valence-corrected chi connectivity index (χ1v) is 6.36. The van der Waals surface area contributed by atoms with Gasteiger partial charge in [0.05, 0.1) is 7.11 Å². The first-order valence-electron chi connectivity index (χ1n) is 6.36. The number of nitrogens with one attached hydrogen (secondary N) is 1. The van der Waals surface area contributed by atoms with Gasteiger partial charge in [0.2, 0.25) is 5.91 Å². The first-order chi connectivity index (χ1) is 9.02. The lowest BCUT2D eigenvalue weighted by atomic mass is 9.76. The third kappa shape index (κ3) is 2.90. The molecule has 0 radical (unpaired) electrons. The zero-order valence-corrected chi connectivity index (χ0v) is 11.1. The Morgan fingerprint density at radius 2 is 2.16 bits per heavy atom. The molecule has 1 aromatic carbocycles. The third-order valence-corrected chi connectivity index (χ3v) is 3.63. The van der Waals surface area contributed by atoms with Gasteiger partial charge in [0, 0.05) is 23.8 Å². The molecule has 5 nitrogen and oxygen atoms in total. The monoisotopic (exact) mass is 263 g/mol. The fraction of sp³-hybridized carbons (Fsp3) is 0.462. The highest BCUT2D eigenvalue weighted by Gasteiger charge is 2.28. The van der Waals surface area contributed by atoms with E-state index in [1.165, 1.54) is 7.11 Å². The van der Waals surface area contributed by atoms with Crippen molar-refractivity contribution in [1.29, 1.82) is 0 Å². The van der Waals surface area contributed by atoms with Gasteiger partial charge in [0.1, 0.15) is 5.75 Å². The van der Waals surface area contributed by atoms with Crippen LogP contribution < -0.4 is 15.5 Å². The number of rotatable bonds is 3. The van der Waals surface area contributed by atoms with Crippen molar-refractivity contribution in [3.05, 3.63) is 23.8 Å². The Morgan fingerprint density at radius 1 is 1.42 bits per heavy atom. The lowest BCUT2D eigenvalue weighted by Crippen LogP contribution is -2.42. The summed E-state index contributed by atoms with van der Waals surface area (Å²) in [5.41, 5.74) is 1.33. The van der Waals surface area contributed by atoms with Crippen LogP contribution in [0.4, 0.5) is 0 Å². The Labute approximate surface area is 112 Å². The van der Waals surface area contributed by atoms with Crippen LogP contribution >= 0.6 is 0 Å². The van der Waals surface area contributed by atoms with Crippen molar-refractivity contribution in [3.8, 4) is 5.75 Å². The summed E-state index contributed by atoms with van der Waals surface area (Å²) in [4.78, 5) is 11.3. The molecule has 0 spiro atoms. The second-order valence-corrected chi connectivity index (χ2v) is 4.88. The summed E-state index contributed by atoms with van der Waals surface area (Å²) in [5.74, 6) is 0.701. The molecule has 3 N–H and O–H groups in total. The summed E-state index contributed by atoms with van der Waals surface area (Å²) in [7, 11) is -0.0759. The molecule has 19 heavy (non-hydrogen) atoms. The average molecular weight is 263 g/mol. The zero-order valence-electron chi connectivity index (χ0n) is 11.1. The Balaban J connectivity index is 2.30. The van der Waals surface area contributed by atoms with Crippen LogP contribution in [-0.2, 0) is 4.79 Å². The van der Waals surface area contributed by atoms with E-state index in [1.807, 2.05) is 13.0 Å². The summed E-state index contributed by atoms with van der Waals surface area (Å²) in [6.07, 6.45) is 1.26. The van der Waals surface area contributed by atoms with Gasteiger partial charge in [-0.1, -0.05) is 12.1 Å². The molecule has 1 saturated heterocycles. The van der Waals surface area contributed by atoms with E-state index in [9.17, 15) is 14.8 Å². The van der Waals surface area contributed by atoms with E-state index in [1.54, 1.807) is 12.1 Å². The molecule has 1 aromatic rings. The van der Waals surface area contributed by atoms with Crippen molar-refractivity contribution in [2.45, 2.75) is 31.7 Å². The molecule has 2 rings (SSSR count). The van der Waals surface area contributed by atoms with Crippen LogP contribution in [-0.4, -0.2) is 36.2 Å². The van der Waals surface area contributed by atoms with Gasteiger partial charge >= 0.3 is 7.12 Å². The van der Waals surface area contributed by atoms with Gasteiger partial charge in [-0.25, -0.2) is 0 Å². The summed E-state index contributed by atoms with van der Waals surface area (Å²) in [6, 6.07) is 5.41. The number of hydrogen-bond acceptors (Lipinski definition) is 4. The average Bonchev–Trinajstić information content (AvgIpc) is 2.38. The van der Waals surface area contributed by atoms with E-state index in [0.717, 1.165) is 12.0 Å². The van der Waals surface area contributed by atoms with E-state index in [-0.39, 0.29) is 17.9 Å². The van der Waals surface area contributed by atoms with Gasteiger partial charge in [-0.2, -0.15) is 0 Å². The maximum absolute atomic E-state index is 11.3. The molecular weight excluding hydrogens is 245 g/mol. The summed E-state index contributed by atoms with van der Waals surface area (Å²) in [5, 5.41) is 21.7. The van der Waals surface area contributed by atoms with E-state index in [0.29, 0.717) is 17.6 Å². The summed E-state index contributed by atoms with van der Waals surface area (Å²) in [6.45, 7) is 1.96. The molecule has 2 atom stereocenters. The third-order valence-electron chi connectivity index (χ3n) is 3.63. The Kier molecular flexibility index (Phi) is 4.12. The predicted molar refractivity (Wildman–Crippen MR) is 72.4 cm³/mol. The second kappa shape index (κ2) is 5.63. The fourth-order valence-corrected chi connectivity index (χ4v) is 2.60. The van der Waals surface area contributed by atoms with Gasteiger partial charge in [-0.15, -0.1) is 0 Å². The van der Waals surface area contributed by atoms with Crippen molar-refractivity contribution in [3.63, 3.8) is 0 Å². The quantitative estimate of drug-likeness (QED) is 0.657. The van der Waals surface area contributed by atoms with Crippen LogP contribution in [0.5, 0.6) is 5.75 Å². The summed E-state index contributed by atoms with van der Waals surface area (Å²) < 4.78 is 5.10. The number of ether oxygens (including phenoxy) is 1. The van der Waals surface area contributed by atoms with E-state index in [4.69, 9.17) is 4.74 Å². The number of piperidine rings is 1. The van der Waals surface area contributed by atoms with Crippen LogP contribution in [0.1, 0.15) is 31.2 Å². The topological polar surface area (TPSA) is 78.8 Å². The van der Waals surface area contributed by atoms with Crippen LogP contribution in [0.15, 0.2) is 18.2 Å². The van der Waals surface area contributed by atoms with Crippen LogP contribution in [0, 0.1) is 0 Å². The van der Waals surface area contributed by atoms with E-state index >= 15 is 0 Å². The minimum absolute atomic E-state index is 0.0401. The minimum atomic E-state index is -1.57. The highest BCUT2D eigenvalue weighted by molar-refractivity contribution is 6.59. The molecule has 0 aliphatic carbocycles. The smallest absolute Gasteiger partial charge is 0.492 e. The maximum atomic E-state index is 11.3. The summed E-state index contributed by atoms with van der Waals surface area (Å²) >= 11 is 0. The second-order valence-electron chi connectivity index (χ2n) is 4.88. The van der Waals surface area contributed by atoms with Crippen molar-refractivity contribution in [2.24, 2.45) is 0 Å². The lowest BCUT2D eigenvalue weighted by Gasteiger charge is -2.30. The van der Waals surface area contributed by atoms with Gasteiger partial charge in [0.15, 0.2) is 0 Å². The molecule has 1 aliphatic heterocycles. The molecule has 1 heterocycles. The first kappa shape index (κ1) is 13.9. The van der Waals surface area contributed by atoms with Gasteiger partial charge < -0.3 is 20.1 Å². The van der Waals surface area contributed by atoms with Crippen molar-refractivity contribution in [2.75, 3.05) is 7.11 Å². The molecule has 6 heteroatoms. The van der Waals surface area contributed by atoms with Gasteiger partial charge in [-0.3, -0.25) is 4.79 Å².